The van der Waals surface area contributed by atoms with Crippen molar-refractivity contribution in [3.63, 3.8) is 0 Å². The minimum Gasteiger partial charge on any atom is -0.307 e. The second-order valence-electron chi connectivity index (χ2n) is 9.03. The lowest BCUT2D eigenvalue weighted by atomic mass is 9.88. The summed E-state index contributed by atoms with van der Waals surface area (Å²) in [6.45, 7) is 4.24. The van der Waals surface area contributed by atoms with Crippen LogP contribution in [0.1, 0.15) is 31.4 Å². The first-order valence-electron chi connectivity index (χ1n) is 11.8. The van der Waals surface area contributed by atoms with E-state index in [0.717, 1.165) is 12.1 Å². The van der Waals surface area contributed by atoms with Crippen molar-refractivity contribution >= 4 is 29.2 Å². The van der Waals surface area contributed by atoms with Crippen LogP contribution in [0.4, 0.5) is 25.0 Å². The average Bonchev–Trinajstić information content (AvgIpc) is 3.35. The molecule has 0 spiro atoms. The van der Waals surface area contributed by atoms with Crippen molar-refractivity contribution in [2.24, 2.45) is 0 Å². The number of carbonyl (C=O) groups excluding carboxylic acids is 3. The topological polar surface area (TPSA) is 78.8 Å². The van der Waals surface area contributed by atoms with Crippen molar-refractivity contribution in [2.45, 2.75) is 32.4 Å². The number of benzene rings is 2. The van der Waals surface area contributed by atoms with Crippen LogP contribution in [0.3, 0.4) is 0 Å². The number of aryl methyl sites for hydroxylation is 1. The monoisotopic (exact) mass is 503 g/mol. The fourth-order valence-corrected chi connectivity index (χ4v) is 4.68. The summed E-state index contributed by atoms with van der Waals surface area (Å²) in [5.41, 5.74) is -0.994. The molecule has 4 amide bonds. The molecule has 0 aliphatic carbocycles. The fourth-order valence-electron chi connectivity index (χ4n) is 4.68. The highest BCUT2D eigenvalue weighted by Gasteiger charge is 2.56. The van der Waals surface area contributed by atoms with Crippen LogP contribution in [0.5, 0.6) is 0 Å². The molecule has 5 rings (SSSR count). The number of anilines is 2. The average molecular weight is 504 g/mol. The van der Waals surface area contributed by atoms with Gasteiger partial charge in [0.1, 0.15) is 11.2 Å². The highest BCUT2D eigenvalue weighted by Crippen LogP contribution is 2.38. The number of hydrogen-bond donors (Lipinski definition) is 0. The number of halogens is 2. The maximum Gasteiger partial charge on any atom is 0.332 e. The Kier molecular flexibility index (Phi) is 5.99. The molecule has 0 unspecified atom stereocenters. The molecule has 0 radical (unpaired) electrons. The third kappa shape index (κ3) is 4.12. The van der Waals surface area contributed by atoms with E-state index in [0.29, 0.717) is 22.7 Å². The number of fused-ring (bicyclic) bond motifs is 1. The van der Waals surface area contributed by atoms with Crippen LogP contribution in [0.25, 0.3) is 0 Å². The summed E-state index contributed by atoms with van der Waals surface area (Å²) in [7, 11) is 0. The Morgan fingerprint density at radius 1 is 1.00 bits per heavy atom. The Hall–Kier alpha value is -4.52. The molecule has 3 aromatic rings. The minimum atomic E-state index is -1.49. The first kappa shape index (κ1) is 24.2. The van der Waals surface area contributed by atoms with Crippen molar-refractivity contribution in [3.05, 3.63) is 77.6 Å². The molecule has 1 atom stereocenters. The molecule has 3 heterocycles. The van der Waals surface area contributed by atoms with Gasteiger partial charge in [0, 0.05) is 37.0 Å². The SMILES string of the molecule is CCn1cc(N2CCN3C(=O)N(c4c(F)cc(C#Cc5ccccc5)cc4F)C(=O)C[C@@]3(C)C2=O)cn1. The quantitative estimate of drug-likeness (QED) is 0.513. The minimum absolute atomic E-state index is 0.0563. The molecular formula is C27H23F2N5O3. The predicted octanol–water partition coefficient (Wildman–Crippen LogP) is 3.55. The van der Waals surface area contributed by atoms with E-state index in [1.165, 1.54) is 16.7 Å². The highest BCUT2D eigenvalue weighted by molar-refractivity contribution is 6.20. The number of aromatic nitrogens is 2. The number of carbonyl (C=O) groups is 3. The van der Waals surface area contributed by atoms with Crippen molar-refractivity contribution in [1.29, 1.82) is 0 Å². The zero-order valence-electron chi connectivity index (χ0n) is 20.2. The Labute approximate surface area is 212 Å². The van der Waals surface area contributed by atoms with Gasteiger partial charge >= 0.3 is 6.03 Å². The molecule has 1 aromatic heterocycles. The molecule has 10 heteroatoms. The van der Waals surface area contributed by atoms with E-state index < -0.39 is 47.1 Å². The van der Waals surface area contributed by atoms with Crippen LogP contribution in [0.15, 0.2) is 54.9 Å². The van der Waals surface area contributed by atoms with E-state index >= 15 is 8.78 Å². The van der Waals surface area contributed by atoms with Gasteiger partial charge < -0.3 is 9.80 Å². The van der Waals surface area contributed by atoms with Gasteiger partial charge in [-0.1, -0.05) is 30.0 Å². The van der Waals surface area contributed by atoms with Gasteiger partial charge in [-0.25, -0.2) is 18.5 Å². The number of piperazine rings is 1. The Morgan fingerprint density at radius 3 is 2.32 bits per heavy atom. The van der Waals surface area contributed by atoms with Gasteiger partial charge in [0.25, 0.3) is 5.91 Å². The maximum absolute atomic E-state index is 15.1. The molecule has 2 aliphatic rings. The Balaban J connectivity index is 1.43. The number of nitrogens with zero attached hydrogens (tertiary/aromatic N) is 5. The summed E-state index contributed by atoms with van der Waals surface area (Å²) >= 11 is 0. The molecular weight excluding hydrogens is 480 g/mol. The molecule has 2 aliphatic heterocycles. The lowest BCUT2D eigenvalue weighted by Gasteiger charge is -2.51. The number of urea groups is 1. The van der Waals surface area contributed by atoms with Gasteiger partial charge in [0.2, 0.25) is 5.91 Å². The summed E-state index contributed by atoms with van der Waals surface area (Å²) in [5, 5.41) is 4.18. The van der Waals surface area contributed by atoms with E-state index in [-0.39, 0.29) is 18.7 Å². The Morgan fingerprint density at radius 2 is 1.68 bits per heavy atom. The second kappa shape index (κ2) is 9.17. The lowest BCUT2D eigenvalue weighted by molar-refractivity contribution is -0.137. The third-order valence-corrected chi connectivity index (χ3v) is 6.64. The van der Waals surface area contributed by atoms with E-state index in [2.05, 4.69) is 16.9 Å². The second-order valence-corrected chi connectivity index (χ2v) is 9.03. The molecule has 0 saturated carbocycles. The van der Waals surface area contributed by atoms with Gasteiger partial charge in [-0.05, 0) is 38.1 Å². The molecule has 8 nitrogen and oxygen atoms in total. The van der Waals surface area contributed by atoms with Crippen LogP contribution in [-0.2, 0) is 16.1 Å². The van der Waals surface area contributed by atoms with Crippen LogP contribution >= 0.6 is 0 Å². The molecule has 188 valence electrons. The van der Waals surface area contributed by atoms with E-state index in [9.17, 15) is 14.4 Å². The molecule has 2 fully saturated rings. The molecule has 2 saturated heterocycles. The number of hydrogen-bond acceptors (Lipinski definition) is 4. The van der Waals surface area contributed by atoms with Crippen LogP contribution in [0, 0.1) is 23.5 Å². The summed E-state index contributed by atoms with van der Waals surface area (Å²) in [6.07, 6.45) is 2.83. The summed E-state index contributed by atoms with van der Waals surface area (Å²) < 4.78 is 31.9. The summed E-state index contributed by atoms with van der Waals surface area (Å²) in [5.74, 6) is 1.99. The number of imide groups is 1. The third-order valence-electron chi connectivity index (χ3n) is 6.64. The van der Waals surface area contributed by atoms with Gasteiger partial charge in [0.05, 0.1) is 18.3 Å². The number of rotatable bonds is 3. The number of amides is 4. The smallest absolute Gasteiger partial charge is 0.307 e. The van der Waals surface area contributed by atoms with Crippen molar-refractivity contribution in [3.8, 4) is 11.8 Å². The largest absolute Gasteiger partial charge is 0.332 e. The maximum atomic E-state index is 15.1. The standard InChI is InChI=1S/C27H23F2N5O3/c1-3-31-17-20(16-30-31)32-11-12-33-26(37)34(23(35)15-27(33,2)25(32)36)24-21(28)13-19(14-22(24)29)10-9-18-7-5-4-6-8-18/h4-8,13-14,16-17H,3,11-12,15H2,1-2H3/t27-/m0/s1. The zero-order valence-corrected chi connectivity index (χ0v) is 20.2. The summed E-state index contributed by atoms with van der Waals surface area (Å²) in [4.78, 5) is 43.1. The highest BCUT2D eigenvalue weighted by atomic mass is 19.1. The summed E-state index contributed by atoms with van der Waals surface area (Å²) in [6, 6.07) is 9.94. The van der Waals surface area contributed by atoms with Gasteiger partial charge in [-0.2, -0.15) is 5.10 Å². The van der Waals surface area contributed by atoms with Crippen LogP contribution in [0.2, 0.25) is 0 Å². The van der Waals surface area contributed by atoms with Crippen LogP contribution in [-0.4, -0.2) is 51.2 Å². The molecule has 0 N–H and O–H groups in total. The lowest BCUT2D eigenvalue weighted by Crippen LogP contribution is -2.72. The Bertz CT molecular complexity index is 1450. The van der Waals surface area contributed by atoms with Crippen molar-refractivity contribution in [1.82, 2.24) is 14.7 Å². The molecule has 2 aromatic carbocycles. The zero-order chi connectivity index (χ0) is 26.3. The molecule has 0 bridgehead atoms. The first-order chi connectivity index (χ1) is 17.7. The molecule has 37 heavy (non-hydrogen) atoms. The van der Waals surface area contributed by atoms with E-state index in [1.54, 1.807) is 41.3 Å². The van der Waals surface area contributed by atoms with E-state index in [4.69, 9.17) is 0 Å². The van der Waals surface area contributed by atoms with Gasteiger partial charge in [-0.3, -0.25) is 14.3 Å². The van der Waals surface area contributed by atoms with E-state index in [1.807, 2.05) is 13.0 Å². The fraction of sp³-hybridized carbons (Fsp3) is 0.259. The normalized spacial score (nSPS) is 19.6. The van der Waals surface area contributed by atoms with Crippen molar-refractivity contribution in [2.75, 3.05) is 22.9 Å². The van der Waals surface area contributed by atoms with Gasteiger partial charge in [-0.15, -0.1) is 0 Å². The first-order valence-corrected chi connectivity index (χ1v) is 11.8. The van der Waals surface area contributed by atoms with Crippen LogP contribution < -0.4 is 9.80 Å². The predicted molar refractivity (Wildman–Crippen MR) is 132 cm³/mol. The van der Waals surface area contributed by atoms with Crippen molar-refractivity contribution < 1.29 is 23.2 Å². The van der Waals surface area contributed by atoms with Gasteiger partial charge in [0.15, 0.2) is 11.6 Å².